The lowest BCUT2D eigenvalue weighted by Crippen LogP contribution is -2.39. The van der Waals surface area contributed by atoms with Crippen molar-refractivity contribution in [2.24, 2.45) is 5.92 Å². The first-order chi connectivity index (χ1) is 9.35. The van der Waals surface area contributed by atoms with Crippen molar-refractivity contribution in [3.8, 4) is 0 Å². The summed E-state index contributed by atoms with van der Waals surface area (Å²) in [6.07, 6.45) is 0.981. The van der Waals surface area contributed by atoms with E-state index in [9.17, 15) is 9.59 Å². The van der Waals surface area contributed by atoms with Crippen molar-refractivity contribution >= 4 is 17.7 Å². The molecule has 2 atom stereocenters. The first-order valence-electron chi connectivity index (χ1n) is 6.76. The fraction of sp³-hybridized carbons (Fsp3) is 0.467. The standard InChI is InChI=1S/C15H22N2O3/c1-5-9(2)11(4)16-15(20)17-13-8-12(14(18)19)7-6-10(13)3/h6-9,11H,5H2,1-4H3,(H,18,19)(H2,16,17,20). The molecule has 0 saturated heterocycles. The molecule has 0 heterocycles. The van der Waals surface area contributed by atoms with Crippen LogP contribution in [-0.2, 0) is 0 Å². The zero-order chi connectivity index (χ0) is 15.3. The summed E-state index contributed by atoms with van der Waals surface area (Å²) in [5, 5.41) is 14.5. The molecule has 110 valence electrons. The van der Waals surface area contributed by atoms with E-state index in [-0.39, 0.29) is 17.6 Å². The Bertz CT molecular complexity index is 500. The molecule has 5 nitrogen and oxygen atoms in total. The number of aromatic carboxylic acids is 1. The number of amides is 2. The molecule has 0 fully saturated rings. The molecule has 0 radical (unpaired) electrons. The smallest absolute Gasteiger partial charge is 0.335 e. The number of nitrogens with one attached hydrogen (secondary N) is 2. The quantitative estimate of drug-likeness (QED) is 0.773. The van der Waals surface area contributed by atoms with E-state index in [0.29, 0.717) is 11.6 Å². The zero-order valence-electron chi connectivity index (χ0n) is 12.4. The minimum atomic E-state index is -1.01. The second-order valence-electron chi connectivity index (χ2n) is 5.11. The lowest BCUT2D eigenvalue weighted by atomic mass is 10.0. The molecule has 0 aliphatic carbocycles. The average Bonchev–Trinajstić information content (AvgIpc) is 2.39. The Hall–Kier alpha value is -2.04. The Morgan fingerprint density at radius 2 is 1.95 bits per heavy atom. The van der Waals surface area contributed by atoms with Gasteiger partial charge in [0.2, 0.25) is 0 Å². The van der Waals surface area contributed by atoms with Crippen LogP contribution in [0.4, 0.5) is 10.5 Å². The number of carbonyl (C=O) groups is 2. The van der Waals surface area contributed by atoms with Gasteiger partial charge in [0.25, 0.3) is 0 Å². The third kappa shape index (κ3) is 4.26. The van der Waals surface area contributed by atoms with Crippen LogP contribution < -0.4 is 10.6 Å². The summed E-state index contributed by atoms with van der Waals surface area (Å²) in [5.41, 5.74) is 1.49. The number of carboxylic acid groups (broad SMARTS) is 1. The van der Waals surface area contributed by atoms with Crippen LogP contribution in [0.15, 0.2) is 18.2 Å². The number of urea groups is 1. The molecule has 1 aromatic carbocycles. The highest BCUT2D eigenvalue weighted by molar-refractivity contribution is 5.94. The molecule has 3 N–H and O–H groups in total. The van der Waals surface area contributed by atoms with Crippen molar-refractivity contribution < 1.29 is 14.7 Å². The van der Waals surface area contributed by atoms with Gasteiger partial charge < -0.3 is 15.7 Å². The molecule has 2 unspecified atom stereocenters. The Morgan fingerprint density at radius 3 is 2.50 bits per heavy atom. The van der Waals surface area contributed by atoms with Gasteiger partial charge in [0.15, 0.2) is 0 Å². The minimum Gasteiger partial charge on any atom is -0.478 e. The summed E-state index contributed by atoms with van der Waals surface area (Å²) >= 11 is 0. The van der Waals surface area contributed by atoms with Crippen LogP contribution >= 0.6 is 0 Å². The fourth-order valence-electron chi connectivity index (χ4n) is 1.75. The van der Waals surface area contributed by atoms with Crippen LogP contribution in [0.3, 0.4) is 0 Å². The Labute approximate surface area is 119 Å². The molecular formula is C15H22N2O3. The third-order valence-electron chi connectivity index (χ3n) is 3.59. The van der Waals surface area contributed by atoms with Crippen molar-refractivity contribution in [3.63, 3.8) is 0 Å². The van der Waals surface area contributed by atoms with Gasteiger partial charge in [0.1, 0.15) is 0 Å². The topological polar surface area (TPSA) is 78.4 Å². The number of hydrogen-bond donors (Lipinski definition) is 3. The van der Waals surface area contributed by atoms with Gasteiger partial charge in [-0.05, 0) is 37.5 Å². The van der Waals surface area contributed by atoms with Crippen molar-refractivity contribution in [3.05, 3.63) is 29.3 Å². The molecule has 0 aliphatic rings. The number of benzene rings is 1. The van der Waals surface area contributed by atoms with E-state index in [1.54, 1.807) is 6.07 Å². The number of anilines is 1. The Balaban J connectivity index is 2.75. The van der Waals surface area contributed by atoms with Gasteiger partial charge in [-0.15, -0.1) is 0 Å². The summed E-state index contributed by atoms with van der Waals surface area (Å²) in [6.45, 7) is 7.91. The second kappa shape index (κ2) is 6.93. The summed E-state index contributed by atoms with van der Waals surface area (Å²) in [4.78, 5) is 22.8. The van der Waals surface area contributed by atoms with Gasteiger partial charge in [0.05, 0.1) is 5.56 Å². The molecule has 1 rings (SSSR count). The van der Waals surface area contributed by atoms with Gasteiger partial charge in [0, 0.05) is 11.7 Å². The van der Waals surface area contributed by atoms with Crippen LogP contribution in [0.1, 0.15) is 43.1 Å². The van der Waals surface area contributed by atoms with Crippen molar-refractivity contribution in [2.45, 2.75) is 40.2 Å². The molecule has 0 spiro atoms. The Morgan fingerprint density at radius 1 is 1.30 bits per heavy atom. The van der Waals surface area contributed by atoms with E-state index in [2.05, 4.69) is 24.5 Å². The van der Waals surface area contributed by atoms with Crippen molar-refractivity contribution in [1.29, 1.82) is 0 Å². The molecule has 0 saturated carbocycles. The highest BCUT2D eigenvalue weighted by Crippen LogP contribution is 2.17. The lowest BCUT2D eigenvalue weighted by Gasteiger charge is -2.20. The monoisotopic (exact) mass is 278 g/mol. The maximum absolute atomic E-state index is 11.9. The summed E-state index contributed by atoms with van der Waals surface area (Å²) in [6, 6.07) is 4.40. The molecular weight excluding hydrogens is 256 g/mol. The molecule has 0 aromatic heterocycles. The Kier molecular flexibility index (Phi) is 5.55. The van der Waals surface area contributed by atoms with Gasteiger partial charge in [-0.25, -0.2) is 9.59 Å². The van der Waals surface area contributed by atoms with E-state index >= 15 is 0 Å². The largest absolute Gasteiger partial charge is 0.478 e. The van der Waals surface area contributed by atoms with Crippen molar-refractivity contribution in [1.82, 2.24) is 5.32 Å². The van der Waals surface area contributed by atoms with E-state index < -0.39 is 5.97 Å². The maximum atomic E-state index is 11.9. The number of carboxylic acids is 1. The SMILES string of the molecule is CCC(C)C(C)NC(=O)Nc1cc(C(=O)O)ccc1C. The number of aryl methyl sites for hydroxylation is 1. The van der Waals surface area contributed by atoms with E-state index in [1.807, 2.05) is 13.8 Å². The molecule has 0 bridgehead atoms. The molecule has 1 aromatic rings. The van der Waals surface area contributed by atoms with Crippen molar-refractivity contribution in [2.75, 3.05) is 5.32 Å². The van der Waals surface area contributed by atoms with Crippen LogP contribution in [0, 0.1) is 12.8 Å². The van der Waals surface area contributed by atoms with E-state index in [4.69, 9.17) is 5.11 Å². The maximum Gasteiger partial charge on any atom is 0.335 e. The third-order valence-corrected chi connectivity index (χ3v) is 3.59. The number of carbonyl (C=O) groups excluding carboxylic acids is 1. The van der Waals surface area contributed by atoms with Gasteiger partial charge in [-0.3, -0.25) is 0 Å². The predicted octanol–water partition coefficient (Wildman–Crippen LogP) is 3.25. The molecule has 5 heteroatoms. The summed E-state index contributed by atoms with van der Waals surface area (Å²) < 4.78 is 0. The summed E-state index contributed by atoms with van der Waals surface area (Å²) in [5.74, 6) is -0.631. The van der Waals surface area contributed by atoms with E-state index in [0.717, 1.165) is 12.0 Å². The van der Waals surface area contributed by atoms with Gasteiger partial charge in [-0.2, -0.15) is 0 Å². The minimum absolute atomic E-state index is 0.0583. The fourth-order valence-corrected chi connectivity index (χ4v) is 1.75. The second-order valence-corrected chi connectivity index (χ2v) is 5.11. The first kappa shape index (κ1) is 16.0. The van der Waals surface area contributed by atoms with Gasteiger partial charge in [-0.1, -0.05) is 26.3 Å². The predicted molar refractivity (Wildman–Crippen MR) is 79.2 cm³/mol. The van der Waals surface area contributed by atoms with Crippen LogP contribution in [-0.4, -0.2) is 23.1 Å². The van der Waals surface area contributed by atoms with Crippen LogP contribution in [0.5, 0.6) is 0 Å². The average molecular weight is 278 g/mol. The molecule has 20 heavy (non-hydrogen) atoms. The summed E-state index contributed by atoms with van der Waals surface area (Å²) in [7, 11) is 0. The van der Waals surface area contributed by atoms with Gasteiger partial charge >= 0.3 is 12.0 Å². The highest BCUT2D eigenvalue weighted by Gasteiger charge is 2.14. The first-order valence-corrected chi connectivity index (χ1v) is 6.76. The molecule has 2 amide bonds. The molecule has 0 aliphatic heterocycles. The number of rotatable bonds is 5. The number of hydrogen-bond acceptors (Lipinski definition) is 2. The van der Waals surface area contributed by atoms with Crippen LogP contribution in [0.25, 0.3) is 0 Å². The highest BCUT2D eigenvalue weighted by atomic mass is 16.4. The van der Waals surface area contributed by atoms with Crippen LogP contribution in [0.2, 0.25) is 0 Å². The van der Waals surface area contributed by atoms with E-state index in [1.165, 1.54) is 12.1 Å². The zero-order valence-corrected chi connectivity index (χ0v) is 12.4. The lowest BCUT2D eigenvalue weighted by molar-refractivity contribution is 0.0697. The normalized spacial score (nSPS) is 13.4.